The summed E-state index contributed by atoms with van der Waals surface area (Å²) in [6.07, 6.45) is 3.69. The molecule has 2 aliphatic heterocycles. The zero-order valence-electron chi connectivity index (χ0n) is 17.1. The van der Waals surface area contributed by atoms with E-state index in [2.05, 4.69) is 5.32 Å². The number of ether oxygens (including phenoxy) is 1. The minimum Gasteiger partial charge on any atom is -0.477 e. The van der Waals surface area contributed by atoms with Crippen LogP contribution in [0.1, 0.15) is 35.7 Å². The normalized spacial score (nSPS) is 24.7. The lowest BCUT2D eigenvalue weighted by Crippen LogP contribution is -2.49. The Hall–Kier alpha value is -2.85. The Morgan fingerprint density at radius 1 is 1.38 bits per heavy atom. The van der Waals surface area contributed by atoms with Crippen LogP contribution in [0, 0.1) is 11.7 Å². The summed E-state index contributed by atoms with van der Waals surface area (Å²) in [5.74, 6) is -2.02. The minimum absolute atomic E-state index is 0.0133. The van der Waals surface area contributed by atoms with E-state index in [9.17, 15) is 19.5 Å². The second kappa shape index (κ2) is 7.35. The molecule has 2 atom stereocenters. The highest BCUT2D eigenvalue weighted by atomic mass is 35.5. The van der Waals surface area contributed by atoms with E-state index in [0.29, 0.717) is 25.2 Å². The van der Waals surface area contributed by atoms with E-state index in [-0.39, 0.29) is 34.6 Å². The first-order valence-electron chi connectivity index (χ1n) is 10.4. The van der Waals surface area contributed by atoms with Crippen LogP contribution in [-0.4, -0.2) is 53.5 Å². The first-order chi connectivity index (χ1) is 15.2. The number of urea groups is 1. The van der Waals surface area contributed by atoms with Gasteiger partial charge in [-0.05, 0) is 25.3 Å². The number of aromatic carboxylic acids is 1. The molecule has 3 aliphatic rings. The standard InChI is InChI=1S/C21H22ClFN4O5/c22-15-16-12(18(28)13(19(29)30)7-27(16)11-1-2-11)5-14(23)17(15)26-6-10-3-4-32-21(10,9-26)8-25-20(24)31/h5,7,10-11H,1-4,6,8-9H2,(H,29,30)(H3,24,25,31). The minimum atomic E-state index is -1.36. The number of carboxylic acid groups (broad SMARTS) is 1. The van der Waals surface area contributed by atoms with Crippen LogP contribution in [-0.2, 0) is 4.74 Å². The number of carbonyl (C=O) groups is 2. The van der Waals surface area contributed by atoms with Gasteiger partial charge in [0.2, 0.25) is 5.43 Å². The van der Waals surface area contributed by atoms with Crippen molar-refractivity contribution in [3.63, 3.8) is 0 Å². The van der Waals surface area contributed by atoms with Crippen LogP contribution in [0.2, 0.25) is 5.02 Å². The predicted molar refractivity (Wildman–Crippen MR) is 115 cm³/mol. The van der Waals surface area contributed by atoms with Gasteiger partial charge in [-0.25, -0.2) is 14.0 Å². The Bertz CT molecular complexity index is 1210. The number of hydrogen-bond donors (Lipinski definition) is 3. The number of anilines is 1. The Kier molecular flexibility index (Phi) is 4.82. The SMILES string of the molecule is NC(=O)NCC12CN(c3c(F)cc4c(=O)c(C(=O)O)cn(C5CC5)c4c3Cl)CC1CCO2. The fourth-order valence-corrected chi connectivity index (χ4v) is 5.45. The third-order valence-electron chi connectivity index (χ3n) is 6.73. The number of pyridine rings is 1. The van der Waals surface area contributed by atoms with Crippen molar-refractivity contribution in [3.05, 3.63) is 38.9 Å². The van der Waals surface area contributed by atoms with E-state index in [1.165, 1.54) is 6.20 Å². The van der Waals surface area contributed by atoms with Crippen molar-refractivity contribution in [3.8, 4) is 0 Å². The number of nitrogens with zero attached hydrogens (tertiary/aromatic N) is 2. The summed E-state index contributed by atoms with van der Waals surface area (Å²) in [5, 5.41) is 12.0. The lowest BCUT2D eigenvalue weighted by Gasteiger charge is -2.29. The summed E-state index contributed by atoms with van der Waals surface area (Å²) in [4.78, 5) is 37.3. The lowest BCUT2D eigenvalue weighted by atomic mass is 9.91. The van der Waals surface area contributed by atoms with Crippen LogP contribution < -0.4 is 21.4 Å². The third-order valence-corrected chi connectivity index (χ3v) is 7.09. The Morgan fingerprint density at radius 3 is 2.78 bits per heavy atom. The molecule has 9 nitrogen and oxygen atoms in total. The molecule has 3 heterocycles. The molecule has 170 valence electrons. The molecule has 32 heavy (non-hydrogen) atoms. The average Bonchev–Trinajstić information content (AvgIpc) is 3.40. The zero-order valence-corrected chi connectivity index (χ0v) is 17.8. The molecule has 0 spiro atoms. The number of nitrogens with one attached hydrogen (secondary N) is 1. The van der Waals surface area contributed by atoms with Crippen molar-refractivity contribution in [1.82, 2.24) is 9.88 Å². The maximum Gasteiger partial charge on any atom is 0.341 e. The monoisotopic (exact) mass is 464 g/mol. The summed E-state index contributed by atoms with van der Waals surface area (Å²) in [6.45, 7) is 1.49. The second-order valence-electron chi connectivity index (χ2n) is 8.73. The molecule has 2 amide bonds. The molecule has 1 aromatic carbocycles. The van der Waals surface area contributed by atoms with E-state index in [1.807, 2.05) is 0 Å². The van der Waals surface area contributed by atoms with Crippen molar-refractivity contribution in [1.29, 1.82) is 0 Å². The van der Waals surface area contributed by atoms with Gasteiger partial charge in [-0.15, -0.1) is 0 Å². The number of carbonyl (C=O) groups excluding carboxylic acids is 1. The van der Waals surface area contributed by atoms with Gasteiger partial charge in [0, 0.05) is 37.9 Å². The molecule has 2 saturated heterocycles. The molecule has 3 fully saturated rings. The van der Waals surface area contributed by atoms with Gasteiger partial charge in [-0.1, -0.05) is 11.6 Å². The number of hydrogen-bond acceptors (Lipinski definition) is 5. The molecule has 0 bridgehead atoms. The van der Waals surface area contributed by atoms with E-state index < -0.39 is 34.4 Å². The summed E-state index contributed by atoms with van der Waals surface area (Å²) < 4.78 is 23.0. The van der Waals surface area contributed by atoms with Crippen LogP contribution in [0.25, 0.3) is 10.9 Å². The Labute approximate surface area is 186 Å². The molecule has 2 unspecified atom stereocenters. The molecule has 5 rings (SSSR count). The average molecular weight is 465 g/mol. The Morgan fingerprint density at radius 2 is 2.12 bits per heavy atom. The van der Waals surface area contributed by atoms with Crippen LogP contribution in [0.3, 0.4) is 0 Å². The van der Waals surface area contributed by atoms with Crippen molar-refractivity contribution >= 4 is 40.2 Å². The second-order valence-corrected chi connectivity index (χ2v) is 9.11. The molecule has 4 N–H and O–H groups in total. The van der Waals surface area contributed by atoms with Gasteiger partial charge < -0.3 is 30.4 Å². The topological polar surface area (TPSA) is 127 Å². The fourth-order valence-electron chi connectivity index (χ4n) is 5.04. The van der Waals surface area contributed by atoms with Crippen molar-refractivity contribution in [2.75, 3.05) is 31.1 Å². The number of carboxylic acids is 1. The van der Waals surface area contributed by atoms with Gasteiger partial charge >= 0.3 is 12.0 Å². The van der Waals surface area contributed by atoms with E-state index >= 15 is 4.39 Å². The molecular weight excluding hydrogens is 443 g/mol. The third kappa shape index (κ3) is 3.20. The van der Waals surface area contributed by atoms with Crippen LogP contribution in [0.4, 0.5) is 14.9 Å². The van der Waals surface area contributed by atoms with Gasteiger partial charge in [0.1, 0.15) is 17.0 Å². The van der Waals surface area contributed by atoms with E-state index in [1.54, 1.807) is 9.47 Å². The number of rotatable bonds is 5. The van der Waals surface area contributed by atoms with Gasteiger partial charge in [0.25, 0.3) is 0 Å². The molecule has 0 radical (unpaired) electrons. The number of nitrogens with two attached hydrogens (primary N) is 1. The van der Waals surface area contributed by atoms with Gasteiger partial charge in [0.05, 0.1) is 28.2 Å². The summed E-state index contributed by atoms with van der Waals surface area (Å²) >= 11 is 6.72. The summed E-state index contributed by atoms with van der Waals surface area (Å²) in [7, 11) is 0. The highest BCUT2D eigenvalue weighted by Gasteiger charge is 2.52. The Balaban J connectivity index is 1.62. The molecule has 2 aromatic rings. The maximum atomic E-state index is 15.4. The number of fused-ring (bicyclic) bond motifs is 2. The first-order valence-corrected chi connectivity index (χ1v) is 10.8. The molecule has 1 saturated carbocycles. The van der Waals surface area contributed by atoms with Gasteiger partial charge in [-0.2, -0.15) is 0 Å². The van der Waals surface area contributed by atoms with Gasteiger partial charge in [-0.3, -0.25) is 4.79 Å². The molecule has 11 heteroatoms. The lowest BCUT2D eigenvalue weighted by molar-refractivity contribution is 0.00783. The highest BCUT2D eigenvalue weighted by Crippen LogP contribution is 2.46. The number of benzene rings is 1. The number of aromatic nitrogens is 1. The largest absolute Gasteiger partial charge is 0.477 e. The van der Waals surface area contributed by atoms with Crippen LogP contribution in [0.5, 0.6) is 0 Å². The highest BCUT2D eigenvalue weighted by molar-refractivity contribution is 6.38. The van der Waals surface area contributed by atoms with E-state index in [0.717, 1.165) is 25.3 Å². The predicted octanol–water partition coefficient (Wildman–Crippen LogP) is 2.09. The smallest absolute Gasteiger partial charge is 0.341 e. The zero-order chi connectivity index (χ0) is 22.8. The van der Waals surface area contributed by atoms with Crippen molar-refractivity contribution < 1.29 is 23.8 Å². The molecule has 1 aromatic heterocycles. The number of primary amides is 1. The van der Waals surface area contributed by atoms with Crippen molar-refractivity contribution in [2.45, 2.75) is 30.9 Å². The summed E-state index contributed by atoms with van der Waals surface area (Å²) in [5.41, 5.74) is 3.83. The van der Waals surface area contributed by atoms with Crippen LogP contribution >= 0.6 is 11.6 Å². The fraction of sp³-hybridized carbons (Fsp3) is 0.476. The van der Waals surface area contributed by atoms with Crippen LogP contribution in [0.15, 0.2) is 17.1 Å². The van der Waals surface area contributed by atoms with Gasteiger partial charge in [0.15, 0.2) is 0 Å². The first kappa shape index (κ1) is 21.0. The maximum absolute atomic E-state index is 15.4. The summed E-state index contributed by atoms with van der Waals surface area (Å²) in [6, 6.07) is 0.428. The molecular formula is C21H22ClFN4O5. The number of halogens is 2. The van der Waals surface area contributed by atoms with Crippen molar-refractivity contribution in [2.24, 2.45) is 11.7 Å². The number of amides is 2. The van der Waals surface area contributed by atoms with E-state index in [4.69, 9.17) is 22.1 Å². The quantitative estimate of drug-likeness (QED) is 0.622. The molecule has 1 aliphatic carbocycles.